The van der Waals surface area contributed by atoms with Gasteiger partial charge in [0, 0.05) is 5.92 Å². The molecule has 1 amide bonds. The average Bonchev–Trinajstić information content (AvgIpc) is 3.03. The normalized spacial score (nSPS) is 29.7. The van der Waals surface area contributed by atoms with Gasteiger partial charge in [-0.15, -0.1) is 5.10 Å². The molecule has 114 valence electrons. The number of rotatable bonds is 4. The van der Waals surface area contributed by atoms with Gasteiger partial charge in [0.2, 0.25) is 5.91 Å². The van der Waals surface area contributed by atoms with Gasteiger partial charge in [0.05, 0.1) is 24.7 Å². The molecule has 1 saturated heterocycles. The molecule has 0 aromatic carbocycles. The predicted octanol–water partition coefficient (Wildman–Crippen LogP) is 0.832. The molecule has 1 aromatic heterocycles. The molecular formula is C14H21N5O2. The molecule has 1 aromatic rings. The van der Waals surface area contributed by atoms with Gasteiger partial charge in [0.25, 0.3) is 0 Å². The Morgan fingerprint density at radius 2 is 2.00 bits per heavy atom. The van der Waals surface area contributed by atoms with Crippen molar-refractivity contribution in [1.29, 1.82) is 0 Å². The number of hydrogen-bond acceptors (Lipinski definition) is 5. The van der Waals surface area contributed by atoms with Crippen molar-refractivity contribution < 1.29 is 9.90 Å². The zero-order valence-corrected chi connectivity index (χ0v) is 12.1. The van der Waals surface area contributed by atoms with E-state index in [1.54, 1.807) is 0 Å². The minimum atomic E-state index is -0.0744. The number of hydrogen-bond donors (Lipinski definition) is 1. The molecule has 21 heavy (non-hydrogen) atoms. The Balaban J connectivity index is 1.63. The van der Waals surface area contributed by atoms with Gasteiger partial charge in [-0.05, 0) is 55.4 Å². The summed E-state index contributed by atoms with van der Waals surface area (Å²) >= 11 is 0. The molecule has 2 aliphatic carbocycles. The van der Waals surface area contributed by atoms with Crippen LogP contribution in [0.2, 0.25) is 0 Å². The van der Waals surface area contributed by atoms with Gasteiger partial charge in [-0.3, -0.25) is 4.79 Å². The topological polar surface area (TPSA) is 84.1 Å². The lowest BCUT2D eigenvalue weighted by Gasteiger charge is -2.31. The summed E-state index contributed by atoms with van der Waals surface area (Å²) in [6, 6.07) is 0.251. The van der Waals surface area contributed by atoms with Gasteiger partial charge >= 0.3 is 0 Å². The van der Waals surface area contributed by atoms with Crippen LogP contribution in [0, 0.1) is 5.92 Å². The number of nitrogens with zero attached hydrogens (tertiary/aromatic N) is 5. The van der Waals surface area contributed by atoms with Crippen molar-refractivity contribution in [1.82, 2.24) is 25.1 Å². The van der Waals surface area contributed by atoms with Gasteiger partial charge in [-0.25, -0.2) is 4.68 Å². The maximum Gasteiger partial charge on any atom is 0.226 e. The molecule has 0 spiro atoms. The maximum atomic E-state index is 12.6. The molecule has 0 radical (unpaired) electrons. The van der Waals surface area contributed by atoms with Crippen molar-refractivity contribution in [2.75, 3.05) is 6.61 Å². The highest BCUT2D eigenvalue weighted by Crippen LogP contribution is 2.42. The Labute approximate surface area is 123 Å². The summed E-state index contributed by atoms with van der Waals surface area (Å²) in [7, 11) is 0. The third-order valence-electron chi connectivity index (χ3n) is 5.13. The van der Waals surface area contributed by atoms with Gasteiger partial charge in [-0.2, -0.15) is 0 Å². The van der Waals surface area contributed by atoms with E-state index < -0.39 is 0 Å². The van der Waals surface area contributed by atoms with E-state index in [2.05, 4.69) is 15.5 Å². The molecular weight excluding hydrogens is 270 g/mol. The smallest absolute Gasteiger partial charge is 0.226 e. The number of carbonyl (C=O) groups excluding carboxylic acids is 1. The lowest BCUT2D eigenvalue weighted by Crippen LogP contribution is -2.41. The highest BCUT2D eigenvalue weighted by molar-refractivity contribution is 5.82. The van der Waals surface area contributed by atoms with Crippen LogP contribution in [0.4, 0.5) is 0 Å². The number of likely N-dealkylation sites (tertiary alicyclic amines) is 1. The molecule has 3 aliphatic rings. The average molecular weight is 291 g/mol. The van der Waals surface area contributed by atoms with Crippen molar-refractivity contribution in [3.8, 4) is 0 Å². The molecule has 1 N–H and O–H groups in total. The number of aromatic nitrogens is 4. The summed E-state index contributed by atoms with van der Waals surface area (Å²) in [4.78, 5) is 14.5. The molecule has 0 bridgehead atoms. The summed E-state index contributed by atoms with van der Waals surface area (Å²) in [5.41, 5.74) is 0. The zero-order valence-electron chi connectivity index (χ0n) is 12.1. The fraction of sp³-hybridized carbons (Fsp3) is 0.857. The van der Waals surface area contributed by atoms with Crippen molar-refractivity contribution >= 4 is 5.91 Å². The van der Waals surface area contributed by atoms with E-state index in [1.165, 1.54) is 6.42 Å². The van der Waals surface area contributed by atoms with E-state index in [9.17, 15) is 9.90 Å². The number of aliphatic hydroxyl groups excluding tert-OH is 1. The summed E-state index contributed by atoms with van der Waals surface area (Å²) in [5.74, 6) is 1.15. The van der Waals surface area contributed by atoms with Crippen LogP contribution in [0.25, 0.3) is 0 Å². The van der Waals surface area contributed by atoms with Gasteiger partial charge < -0.3 is 10.0 Å². The van der Waals surface area contributed by atoms with E-state index >= 15 is 0 Å². The van der Waals surface area contributed by atoms with E-state index in [4.69, 9.17) is 0 Å². The molecule has 2 heterocycles. The SMILES string of the molecule is O=C(C1CC1)N1[C@H](CO)CC[C@H]1c1nnnn1C1CCC1. The Bertz CT molecular complexity index is 537. The van der Waals surface area contributed by atoms with Crippen LogP contribution in [-0.4, -0.2) is 48.8 Å². The molecule has 2 atom stereocenters. The van der Waals surface area contributed by atoms with E-state index in [0.717, 1.165) is 44.3 Å². The number of aliphatic hydroxyl groups is 1. The molecule has 2 saturated carbocycles. The second kappa shape index (κ2) is 5.05. The van der Waals surface area contributed by atoms with E-state index in [0.29, 0.717) is 6.04 Å². The first-order valence-corrected chi connectivity index (χ1v) is 8.00. The Morgan fingerprint density at radius 1 is 1.19 bits per heavy atom. The Kier molecular flexibility index (Phi) is 3.17. The second-order valence-electron chi connectivity index (χ2n) is 6.52. The zero-order chi connectivity index (χ0) is 14.4. The van der Waals surface area contributed by atoms with Gasteiger partial charge in [0.1, 0.15) is 0 Å². The first-order chi connectivity index (χ1) is 10.3. The number of amides is 1. The third kappa shape index (κ3) is 2.14. The van der Waals surface area contributed by atoms with Crippen LogP contribution in [-0.2, 0) is 4.79 Å². The predicted molar refractivity (Wildman–Crippen MR) is 73.1 cm³/mol. The lowest BCUT2D eigenvalue weighted by atomic mass is 9.93. The summed E-state index contributed by atoms with van der Waals surface area (Å²) in [5, 5.41) is 21.8. The second-order valence-corrected chi connectivity index (χ2v) is 6.52. The molecule has 1 aliphatic heterocycles. The van der Waals surface area contributed by atoms with Gasteiger partial charge in [0.15, 0.2) is 5.82 Å². The Hall–Kier alpha value is -1.50. The van der Waals surface area contributed by atoms with Crippen molar-refractivity contribution in [3.63, 3.8) is 0 Å². The molecule has 7 heteroatoms. The molecule has 0 unspecified atom stereocenters. The van der Waals surface area contributed by atoms with Crippen LogP contribution in [0.5, 0.6) is 0 Å². The van der Waals surface area contributed by atoms with Gasteiger partial charge in [-0.1, -0.05) is 0 Å². The van der Waals surface area contributed by atoms with Crippen LogP contribution in [0.1, 0.15) is 62.9 Å². The van der Waals surface area contributed by atoms with Crippen LogP contribution < -0.4 is 0 Å². The monoisotopic (exact) mass is 291 g/mol. The summed E-state index contributed by atoms with van der Waals surface area (Å²) in [6.45, 7) is 0.0277. The summed E-state index contributed by atoms with van der Waals surface area (Å²) in [6.07, 6.45) is 7.09. The molecule has 7 nitrogen and oxygen atoms in total. The van der Waals surface area contributed by atoms with Crippen LogP contribution in [0.3, 0.4) is 0 Å². The lowest BCUT2D eigenvalue weighted by molar-refractivity contribution is -0.136. The Morgan fingerprint density at radius 3 is 2.62 bits per heavy atom. The highest BCUT2D eigenvalue weighted by Gasteiger charge is 2.45. The molecule has 4 rings (SSSR count). The quantitative estimate of drug-likeness (QED) is 0.888. The van der Waals surface area contributed by atoms with Crippen LogP contribution in [0.15, 0.2) is 0 Å². The minimum Gasteiger partial charge on any atom is -0.394 e. The number of tetrazole rings is 1. The van der Waals surface area contributed by atoms with E-state index in [-0.39, 0.29) is 30.5 Å². The van der Waals surface area contributed by atoms with E-state index in [1.807, 2.05) is 9.58 Å². The largest absolute Gasteiger partial charge is 0.394 e. The van der Waals surface area contributed by atoms with Crippen molar-refractivity contribution in [2.45, 2.75) is 63.1 Å². The fourth-order valence-electron chi connectivity index (χ4n) is 3.50. The fourth-order valence-corrected chi connectivity index (χ4v) is 3.50. The standard InChI is InChI=1S/C14H21N5O2/c20-8-11-6-7-12(18(11)14(21)9-4-5-9)13-15-16-17-19(13)10-2-1-3-10/h9-12,20H,1-8H2/t11-,12-/m0/s1. The molecule has 3 fully saturated rings. The number of carbonyl (C=O) groups is 1. The van der Waals surface area contributed by atoms with Crippen LogP contribution >= 0.6 is 0 Å². The first-order valence-electron chi connectivity index (χ1n) is 8.00. The third-order valence-corrected chi connectivity index (χ3v) is 5.13. The van der Waals surface area contributed by atoms with Crippen molar-refractivity contribution in [3.05, 3.63) is 5.82 Å². The maximum absolute atomic E-state index is 12.6. The van der Waals surface area contributed by atoms with Crippen molar-refractivity contribution in [2.24, 2.45) is 5.92 Å². The minimum absolute atomic E-state index is 0.0277. The summed E-state index contributed by atoms with van der Waals surface area (Å²) < 4.78 is 1.92. The highest BCUT2D eigenvalue weighted by atomic mass is 16.3. The first kappa shape index (κ1) is 13.2.